The van der Waals surface area contributed by atoms with E-state index in [4.69, 9.17) is 9.84 Å². The molecular weight excluding hydrogens is 364 g/mol. The Morgan fingerprint density at radius 3 is 2.55 bits per heavy atom. The van der Waals surface area contributed by atoms with Crippen LogP contribution in [0.2, 0.25) is 0 Å². The molecule has 29 heavy (non-hydrogen) atoms. The number of ether oxygens (including phenoxy) is 1. The van der Waals surface area contributed by atoms with Crippen LogP contribution in [0.4, 0.5) is 0 Å². The van der Waals surface area contributed by atoms with Gasteiger partial charge in [-0.3, -0.25) is 4.79 Å². The van der Waals surface area contributed by atoms with Crippen LogP contribution in [-0.4, -0.2) is 23.1 Å². The zero-order chi connectivity index (χ0) is 22.0. The number of esters is 1. The van der Waals surface area contributed by atoms with Crippen molar-refractivity contribution in [3.05, 3.63) is 23.3 Å². The fourth-order valence-electron chi connectivity index (χ4n) is 6.12. The monoisotopic (exact) mass is 404 g/mol. The van der Waals surface area contributed by atoms with Crippen LogP contribution in [0.25, 0.3) is 0 Å². The number of carboxylic acid groups (broad SMARTS) is 1. The predicted molar refractivity (Wildman–Crippen MR) is 116 cm³/mol. The smallest absolute Gasteiger partial charge is 0.333 e. The van der Waals surface area contributed by atoms with Crippen molar-refractivity contribution in [1.82, 2.24) is 0 Å². The molecule has 4 heteroatoms. The highest BCUT2D eigenvalue weighted by Gasteiger charge is 2.55. The number of aliphatic carboxylic acids is 1. The predicted octanol–water partition coefficient (Wildman–Crippen LogP) is 6.16. The maximum absolute atomic E-state index is 12.4. The van der Waals surface area contributed by atoms with Crippen molar-refractivity contribution in [2.75, 3.05) is 0 Å². The Bertz CT molecular complexity index is 687. The lowest BCUT2D eigenvalue weighted by Crippen LogP contribution is -2.53. The number of carbonyl (C=O) groups is 2. The Balaban J connectivity index is 2.24. The lowest BCUT2D eigenvalue weighted by molar-refractivity contribution is -0.159. The highest BCUT2D eigenvalue weighted by Crippen LogP contribution is 2.61. The van der Waals surface area contributed by atoms with E-state index in [2.05, 4.69) is 33.8 Å². The zero-order valence-corrected chi connectivity index (χ0v) is 19.4. The second-order valence-corrected chi connectivity index (χ2v) is 10.5. The van der Waals surface area contributed by atoms with E-state index in [1.54, 1.807) is 13.0 Å². The van der Waals surface area contributed by atoms with Crippen LogP contribution in [-0.2, 0) is 14.3 Å². The Morgan fingerprint density at radius 1 is 1.31 bits per heavy atom. The van der Waals surface area contributed by atoms with Gasteiger partial charge in [0, 0.05) is 12.0 Å². The number of fused-ring (bicyclic) bond motifs is 1. The van der Waals surface area contributed by atoms with E-state index < -0.39 is 5.97 Å². The zero-order valence-electron chi connectivity index (χ0n) is 19.4. The number of carboxylic acids is 1. The van der Waals surface area contributed by atoms with Crippen molar-refractivity contribution < 1.29 is 19.4 Å². The van der Waals surface area contributed by atoms with Crippen LogP contribution >= 0.6 is 0 Å². The molecular formula is C25H40O4. The molecule has 5 atom stereocenters. The standard InChI is InChI=1S/C25H40O4/c1-8-17(3)23(28)29-19-14-24(5,6)21-12-10-18(4)20(25(21,7)15-19)11-9-16(2)13-22(26)27/h8,10,16,19-21H,9,11-15H2,1-7H3,(H,26,27). The molecule has 1 saturated carbocycles. The first-order valence-corrected chi connectivity index (χ1v) is 11.1. The minimum Gasteiger partial charge on any atom is -0.481 e. The molecule has 4 nitrogen and oxygen atoms in total. The average molecular weight is 405 g/mol. The van der Waals surface area contributed by atoms with Crippen molar-refractivity contribution in [3.8, 4) is 0 Å². The van der Waals surface area contributed by atoms with Crippen LogP contribution in [0.3, 0.4) is 0 Å². The van der Waals surface area contributed by atoms with Crippen LogP contribution in [0.1, 0.15) is 87.0 Å². The minimum absolute atomic E-state index is 0.0539. The van der Waals surface area contributed by atoms with Gasteiger partial charge in [0.15, 0.2) is 0 Å². The Hall–Kier alpha value is -1.58. The van der Waals surface area contributed by atoms with Gasteiger partial charge in [0.25, 0.3) is 0 Å². The summed E-state index contributed by atoms with van der Waals surface area (Å²) in [6.07, 6.45) is 9.12. The normalized spacial score (nSPS) is 32.7. The van der Waals surface area contributed by atoms with Crippen LogP contribution < -0.4 is 0 Å². The molecule has 0 spiro atoms. The summed E-state index contributed by atoms with van der Waals surface area (Å²) in [6.45, 7) is 14.9. The molecule has 5 unspecified atom stereocenters. The maximum atomic E-state index is 12.4. The molecule has 0 aliphatic heterocycles. The van der Waals surface area contributed by atoms with Crippen molar-refractivity contribution in [1.29, 1.82) is 0 Å². The van der Waals surface area contributed by atoms with Gasteiger partial charge in [0.1, 0.15) is 6.10 Å². The molecule has 0 aromatic rings. The first-order valence-electron chi connectivity index (χ1n) is 11.1. The summed E-state index contributed by atoms with van der Waals surface area (Å²) >= 11 is 0. The third-order valence-corrected chi connectivity index (χ3v) is 7.68. The summed E-state index contributed by atoms with van der Waals surface area (Å²) in [4.78, 5) is 23.5. The van der Waals surface area contributed by atoms with Crippen molar-refractivity contribution in [2.45, 2.75) is 93.1 Å². The van der Waals surface area contributed by atoms with E-state index >= 15 is 0 Å². The van der Waals surface area contributed by atoms with Gasteiger partial charge in [0.05, 0.1) is 0 Å². The Kier molecular flexibility index (Phi) is 7.40. The Labute approximate surface area is 176 Å². The van der Waals surface area contributed by atoms with Crippen LogP contribution in [0, 0.1) is 28.6 Å². The molecule has 0 amide bonds. The third kappa shape index (κ3) is 5.32. The van der Waals surface area contributed by atoms with E-state index in [9.17, 15) is 9.59 Å². The van der Waals surface area contributed by atoms with Gasteiger partial charge in [-0.15, -0.1) is 0 Å². The van der Waals surface area contributed by atoms with Gasteiger partial charge in [-0.2, -0.15) is 0 Å². The highest BCUT2D eigenvalue weighted by atomic mass is 16.5. The minimum atomic E-state index is -0.720. The molecule has 0 radical (unpaired) electrons. The van der Waals surface area contributed by atoms with Crippen molar-refractivity contribution >= 4 is 11.9 Å². The molecule has 0 bridgehead atoms. The lowest BCUT2D eigenvalue weighted by atomic mass is 9.47. The van der Waals surface area contributed by atoms with Crippen LogP contribution in [0.15, 0.2) is 23.3 Å². The van der Waals surface area contributed by atoms with Gasteiger partial charge < -0.3 is 9.84 Å². The highest BCUT2D eigenvalue weighted by molar-refractivity contribution is 5.87. The van der Waals surface area contributed by atoms with Gasteiger partial charge in [-0.05, 0) is 81.5 Å². The molecule has 164 valence electrons. The number of allylic oxidation sites excluding steroid dienone is 3. The summed E-state index contributed by atoms with van der Waals surface area (Å²) in [5, 5.41) is 9.10. The van der Waals surface area contributed by atoms with E-state index in [1.807, 2.05) is 13.8 Å². The molecule has 2 aliphatic carbocycles. The topological polar surface area (TPSA) is 63.6 Å². The SMILES string of the molecule is CC=C(C)C(=O)OC1CC(C)(C)C2CC=C(C)C(CCC(C)CC(=O)O)C2(C)C1. The van der Waals surface area contributed by atoms with Crippen LogP contribution in [0.5, 0.6) is 0 Å². The summed E-state index contributed by atoms with van der Waals surface area (Å²) in [7, 11) is 0. The van der Waals surface area contributed by atoms with Crippen molar-refractivity contribution in [2.24, 2.45) is 28.6 Å². The van der Waals surface area contributed by atoms with Crippen molar-refractivity contribution in [3.63, 3.8) is 0 Å². The van der Waals surface area contributed by atoms with Gasteiger partial charge in [0.2, 0.25) is 0 Å². The van der Waals surface area contributed by atoms with E-state index in [-0.39, 0.29) is 35.2 Å². The van der Waals surface area contributed by atoms with E-state index in [0.29, 0.717) is 17.4 Å². The summed E-state index contributed by atoms with van der Waals surface area (Å²) in [5.74, 6) is 0.192. The quantitative estimate of drug-likeness (QED) is 0.313. The number of carbonyl (C=O) groups excluding carboxylic acids is 1. The van der Waals surface area contributed by atoms with Gasteiger partial charge in [-0.25, -0.2) is 4.79 Å². The lowest BCUT2D eigenvalue weighted by Gasteiger charge is -2.58. The molecule has 0 aromatic carbocycles. The summed E-state index contributed by atoms with van der Waals surface area (Å²) in [6, 6.07) is 0. The fourth-order valence-corrected chi connectivity index (χ4v) is 6.12. The van der Waals surface area contributed by atoms with E-state index in [0.717, 1.165) is 32.1 Å². The number of hydrogen-bond donors (Lipinski definition) is 1. The second kappa shape index (κ2) is 9.06. The maximum Gasteiger partial charge on any atom is 0.333 e. The molecule has 0 saturated heterocycles. The van der Waals surface area contributed by atoms with Gasteiger partial charge >= 0.3 is 11.9 Å². The first-order chi connectivity index (χ1) is 13.4. The molecule has 0 aromatic heterocycles. The van der Waals surface area contributed by atoms with Gasteiger partial charge in [-0.1, -0.05) is 45.4 Å². The first kappa shape index (κ1) is 23.7. The summed E-state index contributed by atoms with van der Waals surface area (Å²) < 4.78 is 5.95. The van der Waals surface area contributed by atoms with E-state index in [1.165, 1.54) is 5.57 Å². The Morgan fingerprint density at radius 2 is 1.97 bits per heavy atom. The summed E-state index contributed by atoms with van der Waals surface area (Å²) in [5.41, 5.74) is 2.22. The fraction of sp³-hybridized carbons (Fsp3) is 0.760. The average Bonchev–Trinajstić information content (AvgIpc) is 2.58. The molecule has 0 heterocycles. The number of rotatable bonds is 7. The second-order valence-electron chi connectivity index (χ2n) is 10.5. The molecule has 1 N–H and O–H groups in total. The molecule has 2 aliphatic rings. The number of hydrogen-bond acceptors (Lipinski definition) is 3. The molecule has 2 rings (SSSR count). The molecule has 1 fully saturated rings. The third-order valence-electron chi connectivity index (χ3n) is 7.68. The largest absolute Gasteiger partial charge is 0.481 e.